The number of anilines is 2. The molecule has 1 aromatic rings. The van der Waals surface area contributed by atoms with E-state index in [0.717, 1.165) is 12.3 Å². The largest absolute Gasteiger partial charge is 0.397 e. The van der Waals surface area contributed by atoms with E-state index in [1.165, 1.54) is 0 Å². The molecule has 0 aliphatic heterocycles. The number of amides is 1. The van der Waals surface area contributed by atoms with Gasteiger partial charge in [0.15, 0.2) is 0 Å². The fraction of sp³-hybridized carbons (Fsp3) is 0.333. The standard InChI is InChI=1S/C9H10F4N4O/c10-8(11)9(12,13)3-17-7-5(6(15)18)1-4(14)2-16-7/h1-2,8H,3,14H2,(H2,15,18)(H,16,17). The van der Waals surface area contributed by atoms with Gasteiger partial charge < -0.3 is 16.8 Å². The Morgan fingerprint density at radius 3 is 2.61 bits per heavy atom. The lowest BCUT2D eigenvalue weighted by atomic mass is 10.2. The van der Waals surface area contributed by atoms with Gasteiger partial charge in [-0.3, -0.25) is 4.79 Å². The monoisotopic (exact) mass is 266 g/mol. The molecule has 100 valence electrons. The maximum absolute atomic E-state index is 12.7. The zero-order chi connectivity index (χ0) is 13.9. The van der Waals surface area contributed by atoms with Gasteiger partial charge in [-0.2, -0.15) is 8.78 Å². The van der Waals surface area contributed by atoms with E-state index in [0.29, 0.717) is 0 Å². The summed E-state index contributed by atoms with van der Waals surface area (Å²) in [5.41, 5.74) is 10.1. The minimum atomic E-state index is -4.24. The Hall–Kier alpha value is -2.06. The average molecular weight is 266 g/mol. The molecular formula is C9H10F4N4O. The van der Waals surface area contributed by atoms with Crippen molar-refractivity contribution in [2.75, 3.05) is 17.6 Å². The van der Waals surface area contributed by atoms with Crippen LogP contribution >= 0.6 is 0 Å². The third-order valence-electron chi connectivity index (χ3n) is 1.99. The zero-order valence-electron chi connectivity index (χ0n) is 8.96. The van der Waals surface area contributed by atoms with Crippen LogP contribution < -0.4 is 16.8 Å². The SMILES string of the molecule is NC(=O)c1cc(N)cnc1NCC(F)(F)C(F)F. The van der Waals surface area contributed by atoms with Gasteiger partial charge in [0.25, 0.3) is 5.91 Å². The van der Waals surface area contributed by atoms with Gasteiger partial charge in [0, 0.05) is 0 Å². The number of halogens is 4. The third-order valence-corrected chi connectivity index (χ3v) is 1.99. The molecular weight excluding hydrogens is 256 g/mol. The van der Waals surface area contributed by atoms with Crippen LogP contribution in [0.5, 0.6) is 0 Å². The molecule has 9 heteroatoms. The first-order chi connectivity index (χ1) is 8.24. The van der Waals surface area contributed by atoms with E-state index in [-0.39, 0.29) is 17.1 Å². The van der Waals surface area contributed by atoms with Gasteiger partial charge in [0.1, 0.15) is 5.82 Å². The minimum absolute atomic E-state index is 0.0926. The van der Waals surface area contributed by atoms with Crippen molar-refractivity contribution >= 4 is 17.4 Å². The van der Waals surface area contributed by atoms with Crippen LogP contribution in [-0.2, 0) is 0 Å². The summed E-state index contributed by atoms with van der Waals surface area (Å²) >= 11 is 0. The summed E-state index contributed by atoms with van der Waals surface area (Å²) < 4.78 is 49.2. The van der Waals surface area contributed by atoms with Crippen molar-refractivity contribution in [3.8, 4) is 0 Å². The molecule has 0 atom stereocenters. The lowest BCUT2D eigenvalue weighted by molar-refractivity contribution is -0.117. The Balaban J connectivity index is 2.89. The third kappa shape index (κ3) is 3.22. The highest BCUT2D eigenvalue weighted by atomic mass is 19.3. The summed E-state index contributed by atoms with van der Waals surface area (Å²) in [4.78, 5) is 14.5. The first-order valence-electron chi connectivity index (χ1n) is 4.69. The number of carbonyl (C=O) groups excluding carboxylic acids is 1. The molecule has 0 aliphatic carbocycles. The van der Waals surface area contributed by atoms with Gasteiger partial charge in [0.05, 0.1) is 24.0 Å². The number of nitrogens with one attached hydrogen (secondary N) is 1. The molecule has 1 amide bonds. The molecule has 1 heterocycles. The predicted octanol–water partition coefficient (Wildman–Crippen LogP) is 1.07. The summed E-state index contributed by atoms with van der Waals surface area (Å²) in [5.74, 6) is -5.52. The van der Waals surface area contributed by atoms with E-state index < -0.39 is 24.8 Å². The maximum Gasteiger partial charge on any atom is 0.324 e. The second kappa shape index (κ2) is 5.07. The smallest absolute Gasteiger partial charge is 0.324 e. The Kier molecular flexibility index (Phi) is 3.94. The van der Waals surface area contributed by atoms with E-state index in [1.54, 1.807) is 0 Å². The normalized spacial score (nSPS) is 11.6. The molecule has 0 saturated carbocycles. The number of carbonyl (C=O) groups is 1. The predicted molar refractivity (Wildman–Crippen MR) is 56.6 cm³/mol. The quantitative estimate of drug-likeness (QED) is 0.695. The Bertz CT molecular complexity index is 452. The molecule has 1 aromatic heterocycles. The fourth-order valence-electron chi connectivity index (χ4n) is 1.09. The number of alkyl halides is 4. The average Bonchev–Trinajstić information content (AvgIpc) is 2.27. The van der Waals surface area contributed by atoms with E-state index in [2.05, 4.69) is 4.98 Å². The Labute approximate surface area is 99.2 Å². The topological polar surface area (TPSA) is 94.0 Å². The van der Waals surface area contributed by atoms with Gasteiger partial charge in [0.2, 0.25) is 0 Å². The van der Waals surface area contributed by atoms with Crippen molar-refractivity contribution in [3.63, 3.8) is 0 Å². The van der Waals surface area contributed by atoms with Crippen LogP contribution in [0.25, 0.3) is 0 Å². The van der Waals surface area contributed by atoms with E-state index in [9.17, 15) is 22.4 Å². The van der Waals surface area contributed by atoms with Crippen molar-refractivity contribution < 1.29 is 22.4 Å². The first-order valence-corrected chi connectivity index (χ1v) is 4.69. The number of pyridine rings is 1. The molecule has 0 spiro atoms. The highest BCUT2D eigenvalue weighted by Gasteiger charge is 2.40. The number of nitrogens with two attached hydrogens (primary N) is 2. The number of nitrogens with zero attached hydrogens (tertiary/aromatic N) is 1. The second-order valence-corrected chi connectivity index (χ2v) is 3.44. The number of primary amides is 1. The molecule has 0 aliphatic rings. The number of hydrogen-bond donors (Lipinski definition) is 3. The summed E-state index contributed by atoms with van der Waals surface area (Å²) in [6.45, 7) is -1.37. The molecule has 5 nitrogen and oxygen atoms in total. The minimum Gasteiger partial charge on any atom is -0.397 e. The fourth-order valence-corrected chi connectivity index (χ4v) is 1.09. The van der Waals surface area contributed by atoms with Crippen molar-refractivity contribution in [2.24, 2.45) is 5.73 Å². The van der Waals surface area contributed by atoms with Crippen LogP contribution in [-0.4, -0.2) is 29.8 Å². The van der Waals surface area contributed by atoms with Crippen LogP contribution in [0.15, 0.2) is 12.3 Å². The molecule has 0 radical (unpaired) electrons. The molecule has 0 fully saturated rings. The van der Waals surface area contributed by atoms with E-state index in [4.69, 9.17) is 11.5 Å². The van der Waals surface area contributed by atoms with Crippen molar-refractivity contribution in [2.45, 2.75) is 12.3 Å². The molecule has 0 aromatic carbocycles. The number of aromatic nitrogens is 1. The zero-order valence-corrected chi connectivity index (χ0v) is 8.96. The molecule has 0 bridgehead atoms. The van der Waals surface area contributed by atoms with Gasteiger partial charge in [-0.25, -0.2) is 13.8 Å². The number of hydrogen-bond acceptors (Lipinski definition) is 4. The Morgan fingerprint density at radius 2 is 2.11 bits per heavy atom. The van der Waals surface area contributed by atoms with Crippen LogP contribution in [0.3, 0.4) is 0 Å². The van der Waals surface area contributed by atoms with Gasteiger partial charge in [-0.05, 0) is 6.07 Å². The summed E-state index contributed by atoms with van der Waals surface area (Å²) in [7, 11) is 0. The van der Waals surface area contributed by atoms with E-state index >= 15 is 0 Å². The van der Waals surface area contributed by atoms with Crippen LogP contribution in [0.4, 0.5) is 29.1 Å². The summed E-state index contributed by atoms with van der Waals surface area (Å²) in [6, 6.07) is 1.11. The molecule has 5 N–H and O–H groups in total. The molecule has 1 rings (SSSR count). The van der Waals surface area contributed by atoms with Crippen LogP contribution in [0.1, 0.15) is 10.4 Å². The van der Waals surface area contributed by atoms with Crippen LogP contribution in [0, 0.1) is 0 Å². The van der Waals surface area contributed by atoms with Gasteiger partial charge in [-0.15, -0.1) is 0 Å². The molecule has 0 saturated heterocycles. The van der Waals surface area contributed by atoms with Crippen molar-refractivity contribution in [1.82, 2.24) is 4.98 Å². The summed E-state index contributed by atoms with van der Waals surface area (Å²) in [5, 5.41) is 1.95. The highest BCUT2D eigenvalue weighted by Crippen LogP contribution is 2.24. The van der Waals surface area contributed by atoms with Crippen molar-refractivity contribution in [3.05, 3.63) is 17.8 Å². The lowest BCUT2D eigenvalue weighted by Crippen LogP contribution is -2.35. The first kappa shape index (κ1) is 14.0. The molecule has 0 unspecified atom stereocenters. The number of rotatable bonds is 5. The molecule has 18 heavy (non-hydrogen) atoms. The van der Waals surface area contributed by atoms with Crippen LogP contribution in [0.2, 0.25) is 0 Å². The lowest BCUT2D eigenvalue weighted by Gasteiger charge is -2.17. The maximum atomic E-state index is 12.7. The van der Waals surface area contributed by atoms with Gasteiger partial charge in [-0.1, -0.05) is 0 Å². The van der Waals surface area contributed by atoms with Crippen molar-refractivity contribution in [1.29, 1.82) is 0 Å². The van der Waals surface area contributed by atoms with E-state index in [1.807, 2.05) is 5.32 Å². The Morgan fingerprint density at radius 1 is 1.50 bits per heavy atom. The second-order valence-electron chi connectivity index (χ2n) is 3.44. The summed E-state index contributed by atoms with van der Waals surface area (Å²) in [6.07, 6.45) is -2.74. The number of nitrogen functional groups attached to an aromatic ring is 1. The highest BCUT2D eigenvalue weighted by molar-refractivity contribution is 5.98. The van der Waals surface area contributed by atoms with Gasteiger partial charge >= 0.3 is 12.3 Å².